The van der Waals surface area contributed by atoms with Gasteiger partial charge in [0, 0.05) is 11.3 Å². The molecular weight excluding hydrogens is 382 g/mol. The molecule has 0 aliphatic carbocycles. The second-order valence-corrected chi connectivity index (χ2v) is 6.90. The Morgan fingerprint density at radius 2 is 1.90 bits per heavy atom. The van der Waals surface area contributed by atoms with Gasteiger partial charge in [0.1, 0.15) is 17.3 Å². The van der Waals surface area contributed by atoms with Crippen LogP contribution in [0.5, 0.6) is 0 Å². The summed E-state index contributed by atoms with van der Waals surface area (Å²) in [5, 5.41) is 18.4. The van der Waals surface area contributed by atoms with Gasteiger partial charge in [0.05, 0.1) is 23.5 Å². The van der Waals surface area contributed by atoms with Gasteiger partial charge in [-0.3, -0.25) is 4.79 Å². The number of rotatable bonds is 6. The fourth-order valence-electron chi connectivity index (χ4n) is 3.12. The SMILES string of the molecule is Cc1ccc(CNC(=O)c2cccc(Nc3ccc(-c4c(C)noc4C)nn3)c2)o1. The Balaban J connectivity index is 1.43. The molecular formula is C22H21N5O3. The smallest absolute Gasteiger partial charge is 0.251 e. The Morgan fingerprint density at radius 3 is 2.57 bits per heavy atom. The van der Waals surface area contributed by atoms with Crippen molar-refractivity contribution < 1.29 is 13.7 Å². The van der Waals surface area contributed by atoms with Crippen LogP contribution in [0.15, 0.2) is 57.5 Å². The normalized spacial score (nSPS) is 10.8. The van der Waals surface area contributed by atoms with Gasteiger partial charge >= 0.3 is 0 Å². The van der Waals surface area contributed by atoms with Crippen LogP contribution in [0.1, 0.15) is 33.3 Å². The van der Waals surface area contributed by atoms with Gasteiger partial charge in [-0.15, -0.1) is 10.2 Å². The van der Waals surface area contributed by atoms with Crippen LogP contribution in [-0.4, -0.2) is 21.3 Å². The van der Waals surface area contributed by atoms with Crippen molar-refractivity contribution in [1.29, 1.82) is 0 Å². The largest absolute Gasteiger partial charge is 0.465 e. The maximum atomic E-state index is 12.4. The van der Waals surface area contributed by atoms with E-state index >= 15 is 0 Å². The van der Waals surface area contributed by atoms with Gasteiger partial charge in [0.15, 0.2) is 5.82 Å². The summed E-state index contributed by atoms with van der Waals surface area (Å²) in [6.45, 7) is 5.90. The van der Waals surface area contributed by atoms with Crippen LogP contribution in [0.3, 0.4) is 0 Å². The van der Waals surface area contributed by atoms with E-state index in [-0.39, 0.29) is 5.91 Å². The number of nitrogens with one attached hydrogen (secondary N) is 2. The van der Waals surface area contributed by atoms with Gasteiger partial charge in [-0.1, -0.05) is 11.2 Å². The van der Waals surface area contributed by atoms with Crippen LogP contribution in [0, 0.1) is 20.8 Å². The molecule has 30 heavy (non-hydrogen) atoms. The van der Waals surface area contributed by atoms with E-state index in [1.165, 1.54) is 0 Å². The Hall–Kier alpha value is -3.94. The van der Waals surface area contributed by atoms with E-state index in [4.69, 9.17) is 8.94 Å². The standard InChI is InChI=1S/C22H21N5O3/c1-13-7-8-18(29-13)12-23-22(28)16-5-4-6-17(11-16)24-20-10-9-19(25-26-20)21-14(2)27-30-15(21)3/h4-11H,12H2,1-3H3,(H,23,28)(H,24,26). The summed E-state index contributed by atoms with van der Waals surface area (Å²) in [7, 11) is 0. The number of carbonyl (C=O) groups is 1. The minimum Gasteiger partial charge on any atom is -0.465 e. The van der Waals surface area contributed by atoms with Gasteiger partial charge in [0.25, 0.3) is 5.91 Å². The predicted octanol–water partition coefficient (Wildman–Crippen LogP) is 4.32. The number of anilines is 2. The lowest BCUT2D eigenvalue weighted by Gasteiger charge is -2.08. The van der Waals surface area contributed by atoms with Crippen molar-refractivity contribution in [3.63, 3.8) is 0 Å². The molecule has 0 spiro atoms. The third-order valence-corrected chi connectivity index (χ3v) is 4.57. The number of aryl methyl sites for hydroxylation is 3. The van der Waals surface area contributed by atoms with Crippen LogP contribution in [0.4, 0.5) is 11.5 Å². The first kappa shape index (κ1) is 19.4. The predicted molar refractivity (Wildman–Crippen MR) is 111 cm³/mol. The molecule has 8 nitrogen and oxygen atoms in total. The van der Waals surface area contributed by atoms with E-state index in [0.717, 1.165) is 22.7 Å². The summed E-state index contributed by atoms with van der Waals surface area (Å²) in [5.74, 6) is 2.60. The molecule has 2 N–H and O–H groups in total. The fourth-order valence-corrected chi connectivity index (χ4v) is 3.12. The minimum absolute atomic E-state index is 0.187. The highest BCUT2D eigenvalue weighted by molar-refractivity contribution is 5.95. The molecule has 1 amide bonds. The van der Waals surface area contributed by atoms with Gasteiger partial charge < -0.3 is 19.6 Å². The summed E-state index contributed by atoms with van der Waals surface area (Å²) in [6.07, 6.45) is 0. The molecule has 4 rings (SSSR count). The second-order valence-electron chi connectivity index (χ2n) is 6.90. The Morgan fingerprint density at radius 1 is 1.03 bits per heavy atom. The molecule has 4 aromatic rings. The molecule has 0 fully saturated rings. The molecule has 3 aromatic heterocycles. The highest BCUT2D eigenvalue weighted by atomic mass is 16.5. The lowest BCUT2D eigenvalue weighted by atomic mass is 10.1. The first-order chi connectivity index (χ1) is 14.5. The molecule has 0 bridgehead atoms. The van der Waals surface area contributed by atoms with Crippen LogP contribution >= 0.6 is 0 Å². The lowest BCUT2D eigenvalue weighted by molar-refractivity contribution is 0.0948. The minimum atomic E-state index is -0.187. The molecule has 0 saturated carbocycles. The van der Waals surface area contributed by atoms with Crippen LogP contribution in [0.2, 0.25) is 0 Å². The van der Waals surface area contributed by atoms with Crippen LogP contribution in [-0.2, 0) is 6.54 Å². The van der Waals surface area contributed by atoms with Gasteiger partial charge in [-0.25, -0.2) is 0 Å². The van der Waals surface area contributed by atoms with Crippen molar-refractivity contribution in [1.82, 2.24) is 20.7 Å². The van der Waals surface area contributed by atoms with E-state index in [0.29, 0.717) is 35.1 Å². The molecule has 1 aromatic carbocycles. The summed E-state index contributed by atoms with van der Waals surface area (Å²) in [6, 6.07) is 14.6. The molecule has 0 saturated heterocycles. The quantitative estimate of drug-likeness (QED) is 0.494. The lowest BCUT2D eigenvalue weighted by Crippen LogP contribution is -2.22. The van der Waals surface area contributed by atoms with E-state index < -0.39 is 0 Å². The van der Waals surface area contributed by atoms with Gasteiger partial charge in [0.2, 0.25) is 0 Å². The molecule has 0 aliphatic rings. The van der Waals surface area contributed by atoms with Crippen molar-refractivity contribution in [3.05, 3.63) is 77.1 Å². The van der Waals surface area contributed by atoms with E-state index in [1.807, 2.05) is 51.1 Å². The number of nitrogens with zero attached hydrogens (tertiary/aromatic N) is 3. The first-order valence-electron chi connectivity index (χ1n) is 9.47. The molecule has 8 heteroatoms. The summed E-state index contributed by atoms with van der Waals surface area (Å²) >= 11 is 0. The molecule has 0 unspecified atom stereocenters. The molecule has 3 heterocycles. The van der Waals surface area contributed by atoms with Gasteiger partial charge in [-0.2, -0.15) is 0 Å². The van der Waals surface area contributed by atoms with E-state index in [2.05, 4.69) is 26.0 Å². The van der Waals surface area contributed by atoms with Crippen molar-refractivity contribution in [2.45, 2.75) is 27.3 Å². The van der Waals surface area contributed by atoms with Crippen molar-refractivity contribution in [3.8, 4) is 11.3 Å². The monoisotopic (exact) mass is 403 g/mol. The number of carbonyl (C=O) groups excluding carboxylic acids is 1. The van der Waals surface area contributed by atoms with Crippen molar-refractivity contribution >= 4 is 17.4 Å². The van der Waals surface area contributed by atoms with Crippen molar-refractivity contribution in [2.75, 3.05) is 5.32 Å². The number of amides is 1. The maximum absolute atomic E-state index is 12.4. The average Bonchev–Trinajstić information content (AvgIpc) is 3.31. The summed E-state index contributed by atoms with van der Waals surface area (Å²) < 4.78 is 10.7. The molecule has 0 radical (unpaired) electrons. The highest BCUT2D eigenvalue weighted by Gasteiger charge is 2.13. The third-order valence-electron chi connectivity index (χ3n) is 4.57. The molecule has 0 atom stereocenters. The highest BCUT2D eigenvalue weighted by Crippen LogP contribution is 2.25. The third kappa shape index (κ3) is 4.22. The van der Waals surface area contributed by atoms with Crippen molar-refractivity contribution in [2.24, 2.45) is 0 Å². The topological polar surface area (TPSA) is 106 Å². The fraction of sp³-hybridized carbons (Fsp3) is 0.182. The van der Waals surface area contributed by atoms with Crippen LogP contribution in [0.25, 0.3) is 11.3 Å². The Bertz CT molecular complexity index is 1160. The first-order valence-corrected chi connectivity index (χ1v) is 9.47. The summed E-state index contributed by atoms with van der Waals surface area (Å²) in [4.78, 5) is 12.4. The number of furan rings is 1. The summed E-state index contributed by atoms with van der Waals surface area (Å²) in [5.41, 5.74) is 3.57. The number of hydrogen-bond donors (Lipinski definition) is 2. The van der Waals surface area contributed by atoms with E-state index in [9.17, 15) is 4.79 Å². The molecule has 152 valence electrons. The number of hydrogen-bond acceptors (Lipinski definition) is 7. The van der Waals surface area contributed by atoms with Crippen LogP contribution < -0.4 is 10.6 Å². The maximum Gasteiger partial charge on any atom is 0.251 e. The zero-order chi connectivity index (χ0) is 21.1. The van der Waals surface area contributed by atoms with E-state index in [1.54, 1.807) is 18.2 Å². The Kier molecular flexibility index (Phi) is 5.30. The zero-order valence-corrected chi connectivity index (χ0v) is 16.9. The average molecular weight is 403 g/mol. The number of benzene rings is 1. The van der Waals surface area contributed by atoms with Gasteiger partial charge in [-0.05, 0) is 63.2 Å². The number of aromatic nitrogens is 3. The molecule has 0 aliphatic heterocycles. The Labute approximate surface area is 173 Å². The second kappa shape index (κ2) is 8.20. The zero-order valence-electron chi connectivity index (χ0n) is 16.9.